The van der Waals surface area contributed by atoms with E-state index in [1.807, 2.05) is 6.20 Å². The summed E-state index contributed by atoms with van der Waals surface area (Å²) in [6, 6.07) is 19.2. The molecule has 0 saturated heterocycles. The van der Waals surface area contributed by atoms with Crippen molar-refractivity contribution in [2.75, 3.05) is 6.54 Å². The molecule has 7 heteroatoms. The minimum atomic E-state index is -0.674. The van der Waals surface area contributed by atoms with Gasteiger partial charge in [-0.05, 0) is 84.8 Å². The largest absolute Gasteiger partial charge is 0.367 e. The fourth-order valence-corrected chi connectivity index (χ4v) is 4.21. The van der Waals surface area contributed by atoms with Gasteiger partial charge in [0.1, 0.15) is 17.7 Å². The van der Waals surface area contributed by atoms with Gasteiger partial charge in [-0.25, -0.2) is 8.78 Å². The number of primary amides is 1. The number of hydrogen-bond acceptors (Lipinski definition) is 3. The Morgan fingerprint density at radius 2 is 1.61 bits per heavy atom. The van der Waals surface area contributed by atoms with Crippen molar-refractivity contribution in [1.29, 1.82) is 0 Å². The summed E-state index contributed by atoms with van der Waals surface area (Å²) in [5.74, 6) is -1.02. The van der Waals surface area contributed by atoms with Gasteiger partial charge in [0.25, 0.3) is 0 Å². The second kappa shape index (κ2) is 12.4. The van der Waals surface area contributed by atoms with Crippen LogP contribution in [0, 0.1) is 11.6 Å². The van der Waals surface area contributed by atoms with Gasteiger partial charge in [-0.15, -0.1) is 0 Å². The Morgan fingerprint density at radius 3 is 2.36 bits per heavy atom. The van der Waals surface area contributed by atoms with Crippen molar-refractivity contribution < 1.29 is 18.3 Å². The van der Waals surface area contributed by atoms with Crippen LogP contribution in [0.15, 0.2) is 72.9 Å². The topological polar surface area (TPSA) is 80.1 Å². The van der Waals surface area contributed by atoms with Crippen LogP contribution in [-0.2, 0) is 35.5 Å². The number of nitrogens with two attached hydrogens (primary N) is 1. The summed E-state index contributed by atoms with van der Waals surface area (Å²) in [5, 5.41) is 4.37. The van der Waals surface area contributed by atoms with E-state index in [-0.39, 0.29) is 18.2 Å². The molecule has 1 heterocycles. The summed E-state index contributed by atoms with van der Waals surface area (Å²) < 4.78 is 32.2. The van der Waals surface area contributed by atoms with Crippen LogP contribution in [0.5, 0.6) is 0 Å². The van der Waals surface area contributed by atoms with Crippen molar-refractivity contribution >= 4 is 16.8 Å². The molecule has 0 saturated carbocycles. The highest BCUT2D eigenvalue weighted by molar-refractivity contribution is 5.83. The van der Waals surface area contributed by atoms with Crippen LogP contribution in [0.2, 0.25) is 0 Å². The summed E-state index contributed by atoms with van der Waals surface area (Å²) in [7, 11) is 0. The number of amides is 1. The number of aromatic amines is 1. The highest BCUT2D eigenvalue weighted by atomic mass is 19.1. The number of fused-ring (bicyclic) bond motifs is 1. The molecule has 4 aromatic rings. The van der Waals surface area contributed by atoms with Crippen LogP contribution in [0.25, 0.3) is 10.9 Å². The molecule has 1 atom stereocenters. The van der Waals surface area contributed by atoms with Crippen molar-refractivity contribution in [3.05, 3.63) is 107 Å². The van der Waals surface area contributed by atoms with E-state index >= 15 is 0 Å². The molecule has 36 heavy (non-hydrogen) atoms. The molecule has 3 aromatic carbocycles. The maximum atomic E-state index is 13.5. The number of aromatic nitrogens is 1. The van der Waals surface area contributed by atoms with E-state index in [1.54, 1.807) is 24.3 Å². The molecule has 0 aliphatic heterocycles. The molecule has 5 nitrogen and oxygen atoms in total. The fraction of sp³-hybridized carbons (Fsp3) is 0.276. The van der Waals surface area contributed by atoms with E-state index in [1.165, 1.54) is 29.3 Å². The van der Waals surface area contributed by atoms with Gasteiger partial charge in [0.15, 0.2) is 0 Å². The van der Waals surface area contributed by atoms with Crippen molar-refractivity contribution in [3.63, 3.8) is 0 Å². The minimum absolute atomic E-state index is 0.215. The predicted octanol–water partition coefficient (Wildman–Crippen LogP) is 5.17. The maximum Gasteiger partial charge on any atom is 0.246 e. The molecule has 188 valence electrons. The third-order valence-electron chi connectivity index (χ3n) is 6.27. The molecule has 0 aliphatic rings. The average Bonchev–Trinajstić information content (AvgIpc) is 3.27. The van der Waals surface area contributed by atoms with E-state index < -0.39 is 12.0 Å². The van der Waals surface area contributed by atoms with E-state index in [2.05, 4.69) is 34.6 Å². The second-order valence-electron chi connectivity index (χ2n) is 8.97. The second-order valence-corrected chi connectivity index (χ2v) is 8.97. The summed E-state index contributed by atoms with van der Waals surface area (Å²) in [6.45, 7) is 1.75. The highest BCUT2D eigenvalue weighted by Crippen LogP contribution is 2.19. The van der Waals surface area contributed by atoms with Gasteiger partial charge in [-0.1, -0.05) is 36.4 Å². The Morgan fingerprint density at radius 1 is 0.917 bits per heavy atom. The number of halogens is 2. The first kappa shape index (κ1) is 25.5. The molecular formula is C29H31F2N3O2. The Kier molecular flexibility index (Phi) is 8.81. The molecule has 1 amide bonds. The molecule has 0 spiro atoms. The lowest BCUT2D eigenvalue weighted by Crippen LogP contribution is -2.31. The number of hydrogen-bond donors (Lipinski definition) is 3. The molecule has 0 radical (unpaired) electrons. The normalized spacial score (nSPS) is 12.2. The number of ether oxygens (including phenoxy) is 1. The number of nitrogens with one attached hydrogen (secondary N) is 2. The third-order valence-corrected chi connectivity index (χ3v) is 6.27. The van der Waals surface area contributed by atoms with E-state index in [4.69, 9.17) is 10.5 Å². The van der Waals surface area contributed by atoms with Crippen LogP contribution in [0.4, 0.5) is 8.78 Å². The van der Waals surface area contributed by atoms with Gasteiger partial charge in [-0.2, -0.15) is 0 Å². The molecule has 0 aliphatic carbocycles. The average molecular weight is 492 g/mol. The van der Waals surface area contributed by atoms with Crippen LogP contribution in [-0.4, -0.2) is 23.5 Å². The van der Waals surface area contributed by atoms with Crippen molar-refractivity contribution in [3.8, 4) is 0 Å². The molecule has 0 fully saturated rings. The van der Waals surface area contributed by atoms with Gasteiger partial charge in [0.05, 0.1) is 6.61 Å². The van der Waals surface area contributed by atoms with Gasteiger partial charge in [-0.3, -0.25) is 4.79 Å². The van der Waals surface area contributed by atoms with Gasteiger partial charge in [0, 0.05) is 23.6 Å². The molecular weight excluding hydrogens is 460 g/mol. The zero-order valence-electron chi connectivity index (χ0n) is 20.1. The Balaban J connectivity index is 1.17. The van der Waals surface area contributed by atoms with Crippen molar-refractivity contribution in [2.24, 2.45) is 5.73 Å². The lowest BCUT2D eigenvalue weighted by atomic mass is 10.0. The number of rotatable bonds is 13. The summed E-state index contributed by atoms with van der Waals surface area (Å²) >= 11 is 0. The van der Waals surface area contributed by atoms with E-state index in [9.17, 15) is 13.6 Å². The summed E-state index contributed by atoms with van der Waals surface area (Å²) in [5.41, 5.74) is 10.7. The first-order valence-electron chi connectivity index (χ1n) is 12.2. The van der Waals surface area contributed by atoms with Crippen LogP contribution in [0.3, 0.4) is 0 Å². The zero-order chi connectivity index (χ0) is 25.3. The number of aryl methyl sites for hydroxylation is 1. The molecule has 1 unspecified atom stereocenters. The predicted molar refractivity (Wildman–Crippen MR) is 137 cm³/mol. The fourth-order valence-electron chi connectivity index (χ4n) is 4.21. The molecule has 0 bridgehead atoms. The zero-order valence-corrected chi connectivity index (χ0v) is 20.1. The Bertz CT molecular complexity index is 1270. The molecule has 4 N–H and O–H groups in total. The standard InChI is InChI=1S/C29H31F2N3O2/c30-24-10-8-22(9-11-24)19-36-28(29(32)35)3-1-2-20-4-6-21(7-5-20)17-33-15-14-23-18-34-27-13-12-25(31)16-26(23)27/h4-13,16,18,28,33-34H,1-3,14-15,17,19H2,(H2,32,35). The number of carbonyl (C=O) groups is 1. The van der Waals surface area contributed by atoms with E-state index in [0.717, 1.165) is 54.4 Å². The highest BCUT2D eigenvalue weighted by Gasteiger charge is 2.16. The third kappa shape index (κ3) is 7.23. The first-order valence-corrected chi connectivity index (χ1v) is 12.2. The maximum absolute atomic E-state index is 13.5. The molecule has 1 aromatic heterocycles. The van der Waals surface area contributed by atoms with Gasteiger partial charge >= 0.3 is 0 Å². The molecule has 4 rings (SSSR count). The minimum Gasteiger partial charge on any atom is -0.367 e. The number of H-pyrrole nitrogens is 1. The summed E-state index contributed by atoms with van der Waals surface area (Å²) in [4.78, 5) is 14.9. The number of benzene rings is 3. The van der Waals surface area contributed by atoms with Crippen LogP contribution >= 0.6 is 0 Å². The number of carbonyl (C=O) groups excluding carboxylic acids is 1. The van der Waals surface area contributed by atoms with E-state index in [0.29, 0.717) is 6.42 Å². The lowest BCUT2D eigenvalue weighted by Gasteiger charge is -2.15. The quantitative estimate of drug-likeness (QED) is 0.226. The van der Waals surface area contributed by atoms with Crippen molar-refractivity contribution in [1.82, 2.24) is 10.3 Å². The summed E-state index contributed by atoms with van der Waals surface area (Å²) in [6.07, 6.45) is 4.18. The monoisotopic (exact) mass is 491 g/mol. The SMILES string of the molecule is NC(=O)C(CCCc1ccc(CNCCc2c[nH]c3ccc(F)cc23)cc1)OCc1ccc(F)cc1. The van der Waals surface area contributed by atoms with Gasteiger partial charge in [0.2, 0.25) is 5.91 Å². The van der Waals surface area contributed by atoms with Gasteiger partial charge < -0.3 is 20.8 Å². The Labute approximate surface area is 209 Å². The lowest BCUT2D eigenvalue weighted by molar-refractivity contribution is -0.130. The van der Waals surface area contributed by atoms with Crippen LogP contribution in [0.1, 0.15) is 35.1 Å². The van der Waals surface area contributed by atoms with Crippen LogP contribution < -0.4 is 11.1 Å². The smallest absolute Gasteiger partial charge is 0.246 e. The first-order chi connectivity index (χ1) is 17.5. The van der Waals surface area contributed by atoms with Crippen molar-refractivity contribution in [2.45, 2.75) is 44.9 Å². The Hall–Kier alpha value is -3.55.